The van der Waals surface area contributed by atoms with Crippen LogP contribution in [0.5, 0.6) is 0 Å². The van der Waals surface area contributed by atoms with Crippen molar-refractivity contribution >= 4 is 10.9 Å². The Morgan fingerprint density at radius 2 is 1.56 bits per heavy atom. The van der Waals surface area contributed by atoms with Crippen molar-refractivity contribution in [2.45, 2.75) is 62.3 Å². The lowest BCUT2D eigenvalue weighted by atomic mass is 9.57. The van der Waals surface area contributed by atoms with Crippen LogP contribution in [0.2, 0.25) is 0 Å². The molecule has 6 rings (SSSR count). The lowest BCUT2D eigenvalue weighted by Crippen LogP contribution is -2.49. The molecule has 1 aromatic heterocycles. The number of hydrogen-bond donors (Lipinski definition) is 1. The summed E-state index contributed by atoms with van der Waals surface area (Å²) in [4.78, 5) is 6.44. The highest BCUT2D eigenvalue weighted by Crippen LogP contribution is 2.56. The minimum atomic E-state index is 0.114. The zero-order chi connectivity index (χ0) is 23.3. The third kappa shape index (κ3) is 3.34. The number of fused-ring (bicyclic) bond motifs is 4. The third-order valence-corrected chi connectivity index (χ3v) is 9.15. The van der Waals surface area contributed by atoms with Gasteiger partial charge in [-0.1, -0.05) is 78.4 Å². The predicted octanol–water partition coefficient (Wildman–Crippen LogP) is 7.48. The average Bonchev–Trinajstić information content (AvgIpc) is 3.25. The van der Waals surface area contributed by atoms with Crippen molar-refractivity contribution < 1.29 is 0 Å². The van der Waals surface area contributed by atoms with Crippen LogP contribution in [0.25, 0.3) is 10.9 Å². The van der Waals surface area contributed by atoms with Gasteiger partial charge in [-0.05, 0) is 88.2 Å². The number of hydrogen-bond acceptors (Lipinski definition) is 1. The van der Waals surface area contributed by atoms with Gasteiger partial charge in [-0.3, -0.25) is 4.90 Å². The van der Waals surface area contributed by atoms with Crippen molar-refractivity contribution in [2.24, 2.45) is 0 Å². The van der Waals surface area contributed by atoms with Gasteiger partial charge in [0.05, 0.1) is 0 Å². The molecule has 2 nitrogen and oxygen atoms in total. The second kappa shape index (κ2) is 8.13. The molecule has 0 amide bonds. The quantitative estimate of drug-likeness (QED) is 0.344. The van der Waals surface area contributed by atoms with Crippen molar-refractivity contribution in [2.75, 3.05) is 14.1 Å². The molecule has 4 aromatic rings. The Morgan fingerprint density at radius 1 is 0.824 bits per heavy atom. The number of benzene rings is 3. The van der Waals surface area contributed by atoms with Crippen LogP contribution in [-0.4, -0.2) is 24.0 Å². The maximum Gasteiger partial charge on any atom is 0.0459 e. The molecular weight excluding hydrogens is 412 g/mol. The van der Waals surface area contributed by atoms with Crippen LogP contribution in [0.1, 0.15) is 66.0 Å². The zero-order valence-electron chi connectivity index (χ0n) is 20.8. The van der Waals surface area contributed by atoms with Gasteiger partial charge in [0.25, 0.3) is 0 Å². The normalized spacial score (nSPS) is 26.8. The van der Waals surface area contributed by atoms with Gasteiger partial charge in [-0.2, -0.15) is 0 Å². The molecule has 0 aliphatic heterocycles. The van der Waals surface area contributed by atoms with E-state index in [4.69, 9.17) is 0 Å². The third-order valence-electron chi connectivity index (χ3n) is 9.15. The molecule has 34 heavy (non-hydrogen) atoms. The molecule has 3 aromatic carbocycles. The number of aromatic amines is 1. The smallest absolute Gasteiger partial charge is 0.0459 e. The summed E-state index contributed by atoms with van der Waals surface area (Å²) < 4.78 is 0. The number of rotatable bonds is 3. The van der Waals surface area contributed by atoms with Gasteiger partial charge in [0.1, 0.15) is 0 Å². The fourth-order valence-electron chi connectivity index (χ4n) is 7.24. The van der Waals surface area contributed by atoms with E-state index in [0.717, 1.165) is 6.42 Å². The first-order valence-corrected chi connectivity index (χ1v) is 12.9. The second-order valence-corrected chi connectivity index (χ2v) is 11.1. The van der Waals surface area contributed by atoms with Crippen LogP contribution in [-0.2, 0) is 17.4 Å². The number of para-hydroxylation sites is 1. The van der Waals surface area contributed by atoms with Crippen LogP contribution >= 0.6 is 0 Å². The van der Waals surface area contributed by atoms with Gasteiger partial charge < -0.3 is 4.98 Å². The summed E-state index contributed by atoms with van der Waals surface area (Å²) in [5.41, 5.74) is 9.10. The first-order chi connectivity index (χ1) is 16.5. The number of aromatic nitrogens is 1. The van der Waals surface area contributed by atoms with E-state index in [0.29, 0.717) is 5.92 Å². The predicted molar refractivity (Wildman–Crippen MR) is 142 cm³/mol. The van der Waals surface area contributed by atoms with E-state index in [9.17, 15) is 0 Å². The van der Waals surface area contributed by atoms with Crippen molar-refractivity contribution in [1.82, 2.24) is 9.88 Å². The van der Waals surface area contributed by atoms with Gasteiger partial charge in [0, 0.05) is 27.6 Å². The molecule has 174 valence electrons. The highest BCUT2D eigenvalue weighted by Gasteiger charge is 2.50. The van der Waals surface area contributed by atoms with Gasteiger partial charge in [0.15, 0.2) is 0 Å². The fraction of sp³-hybridized carbons (Fsp3) is 0.375. The topological polar surface area (TPSA) is 19.0 Å². The molecule has 2 aliphatic rings. The van der Waals surface area contributed by atoms with E-state index >= 15 is 0 Å². The lowest BCUT2D eigenvalue weighted by molar-refractivity contribution is 0.0556. The summed E-state index contributed by atoms with van der Waals surface area (Å²) in [6, 6.07) is 29.4. The fourth-order valence-corrected chi connectivity index (χ4v) is 7.24. The number of aryl methyl sites for hydroxylation is 1. The van der Waals surface area contributed by atoms with E-state index in [1.165, 1.54) is 65.4 Å². The standard InChI is InChI=1S/C32H36N2/c1-23-10-9-13-26(20-23)32(34(2)3)18-16-31(17-19-32)22-25(24-11-5-4-6-12-24)21-28-27-14-7-8-15-29(27)33-30(28)31/h4-15,20,25,33H,16-19,21-22H2,1-3H3. The molecule has 1 saturated carbocycles. The second-order valence-electron chi connectivity index (χ2n) is 11.1. The molecule has 1 N–H and O–H groups in total. The molecule has 2 aliphatic carbocycles. The maximum atomic E-state index is 3.94. The molecule has 1 unspecified atom stereocenters. The van der Waals surface area contributed by atoms with Crippen molar-refractivity contribution in [1.29, 1.82) is 0 Å². The van der Waals surface area contributed by atoms with Crippen molar-refractivity contribution in [3.8, 4) is 0 Å². The van der Waals surface area contributed by atoms with Crippen LogP contribution in [0.3, 0.4) is 0 Å². The Balaban J connectivity index is 1.43. The number of nitrogens with zero attached hydrogens (tertiary/aromatic N) is 1. The summed E-state index contributed by atoms with van der Waals surface area (Å²) in [6.45, 7) is 2.22. The molecule has 0 radical (unpaired) electrons. The van der Waals surface area contributed by atoms with E-state index in [2.05, 4.69) is 110 Å². The van der Waals surface area contributed by atoms with E-state index in [1.807, 2.05) is 0 Å². The van der Waals surface area contributed by atoms with Crippen LogP contribution < -0.4 is 0 Å². The monoisotopic (exact) mass is 448 g/mol. The zero-order valence-corrected chi connectivity index (χ0v) is 20.8. The average molecular weight is 449 g/mol. The van der Waals surface area contributed by atoms with Gasteiger partial charge in [-0.25, -0.2) is 0 Å². The van der Waals surface area contributed by atoms with Gasteiger partial charge in [-0.15, -0.1) is 0 Å². The van der Waals surface area contributed by atoms with Crippen LogP contribution in [0.15, 0.2) is 78.9 Å². The summed E-state index contributed by atoms with van der Waals surface area (Å²) in [7, 11) is 4.56. The summed E-state index contributed by atoms with van der Waals surface area (Å²) >= 11 is 0. The van der Waals surface area contributed by atoms with Gasteiger partial charge >= 0.3 is 0 Å². The molecule has 1 atom stereocenters. The Kier molecular flexibility index (Phi) is 5.18. The molecular formula is C32H36N2. The maximum absolute atomic E-state index is 3.94. The first kappa shape index (κ1) is 21.7. The molecule has 0 saturated heterocycles. The molecule has 1 fully saturated rings. The van der Waals surface area contributed by atoms with E-state index < -0.39 is 0 Å². The number of H-pyrrole nitrogens is 1. The van der Waals surface area contributed by atoms with Crippen molar-refractivity contribution in [3.05, 3.63) is 107 Å². The van der Waals surface area contributed by atoms with Gasteiger partial charge in [0.2, 0.25) is 0 Å². The highest BCUT2D eigenvalue weighted by molar-refractivity contribution is 5.85. The Bertz CT molecular complexity index is 1310. The van der Waals surface area contributed by atoms with E-state index in [-0.39, 0.29) is 11.0 Å². The van der Waals surface area contributed by atoms with Crippen LogP contribution in [0.4, 0.5) is 0 Å². The molecule has 0 bridgehead atoms. The Morgan fingerprint density at radius 3 is 2.29 bits per heavy atom. The molecule has 1 heterocycles. The lowest BCUT2D eigenvalue weighted by Gasteiger charge is -2.52. The SMILES string of the molecule is Cc1cccc(C2(N(C)C)CCC3(CC2)CC(c2ccccc2)Cc2c3[nH]c3ccccc23)c1. The largest absolute Gasteiger partial charge is 0.358 e. The minimum absolute atomic E-state index is 0.114. The first-order valence-electron chi connectivity index (χ1n) is 12.9. The highest BCUT2D eigenvalue weighted by atomic mass is 15.1. The minimum Gasteiger partial charge on any atom is -0.358 e. The Labute approximate surface area is 204 Å². The van der Waals surface area contributed by atoms with E-state index in [1.54, 1.807) is 5.56 Å². The summed E-state index contributed by atoms with van der Waals surface area (Å²) in [5, 5.41) is 1.43. The summed E-state index contributed by atoms with van der Waals surface area (Å²) in [6.07, 6.45) is 7.22. The van der Waals surface area contributed by atoms with Crippen molar-refractivity contribution in [3.63, 3.8) is 0 Å². The molecule has 2 heteroatoms. The van der Waals surface area contributed by atoms with Crippen LogP contribution in [0, 0.1) is 6.92 Å². The summed E-state index contributed by atoms with van der Waals surface area (Å²) in [5.74, 6) is 0.582. The number of nitrogens with one attached hydrogen (secondary N) is 1. The molecule has 1 spiro atoms. The Hall–Kier alpha value is -2.84.